The number of hydrogen-bond acceptors (Lipinski definition) is 5. The number of hydrogen-bond donors (Lipinski definition) is 0. The van der Waals surface area contributed by atoms with Crippen LogP contribution in [0, 0.1) is 0 Å². The first kappa shape index (κ1) is 12.3. The van der Waals surface area contributed by atoms with E-state index >= 15 is 0 Å². The maximum Gasteiger partial charge on any atom is 0.347 e. The Labute approximate surface area is 102 Å². The fourth-order valence-electron chi connectivity index (χ4n) is 1.21. The van der Waals surface area contributed by atoms with Gasteiger partial charge in [0.2, 0.25) is 0 Å². The summed E-state index contributed by atoms with van der Waals surface area (Å²) >= 11 is 0. The van der Waals surface area contributed by atoms with Crippen LogP contribution in [-0.4, -0.2) is 23.9 Å². The Morgan fingerprint density at radius 1 is 1.29 bits per heavy atom. The van der Waals surface area contributed by atoms with Crippen molar-refractivity contribution in [2.45, 2.75) is 5.22 Å². The molecule has 0 bridgehead atoms. The Kier molecular flexibility index (Phi) is 2.88. The molecule has 1 aromatic carbocycles. The Balaban J connectivity index is 2.69. The van der Waals surface area contributed by atoms with Crippen molar-refractivity contribution in [2.75, 3.05) is 6.26 Å². The minimum atomic E-state index is -4.25. The van der Waals surface area contributed by atoms with Gasteiger partial charge in [0.1, 0.15) is 15.2 Å². The predicted molar refractivity (Wildman–Crippen MR) is 63.5 cm³/mol. The molecule has 6 nitrogen and oxygen atoms in total. The van der Waals surface area contributed by atoms with E-state index in [1.165, 1.54) is 0 Å². The third-order valence-corrected chi connectivity index (χ3v) is 5.01. The molecule has 1 aromatic heterocycles. The third-order valence-electron chi connectivity index (χ3n) is 1.83. The van der Waals surface area contributed by atoms with Crippen LogP contribution in [0.25, 0.3) is 11.1 Å². The van der Waals surface area contributed by atoms with Crippen molar-refractivity contribution >= 4 is 40.7 Å². The molecule has 0 radical (unpaired) electrons. The highest BCUT2D eigenvalue weighted by Crippen LogP contribution is 2.20. The Morgan fingerprint density at radius 2 is 1.94 bits per heavy atom. The fourth-order valence-corrected chi connectivity index (χ4v) is 4.31. The topological polar surface area (TPSA) is 89.6 Å². The summed E-state index contributed by atoms with van der Waals surface area (Å²) in [7, 11) is -2.62. The highest BCUT2D eigenvalue weighted by atomic mass is 35.7. The monoisotopic (exact) mass is 294 g/mol. The first-order valence-electron chi connectivity index (χ1n) is 4.31. The SMILES string of the molecule is C[S@](=O)(=NS(=O)(=O)Cl)c1nc2ccccc2o1. The molecule has 9 heteroatoms. The zero-order valence-corrected chi connectivity index (χ0v) is 10.9. The maximum absolute atomic E-state index is 12.0. The second-order valence-corrected chi connectivity index (χ2v) is 7.78. The van der Waals surface area contributed by atoms with Crippen molar-refractivity contribution in [1.82, 2.24) is 4.98 Å². The van der Waals surface area contributed by atoms with E-state index in [1.54, 1.807) is 24.3 Å². The van der Waals surface area contributed by atoms with Gasteiger partial charge >= 0.3 is 9.24 Å². The molecular formula is C8H7ClN2O4S2. The maximum atomic E-state index is 12.0. The van der Waals surface area contributed by atoms with Gasteiger partial charge in [0.05, 0.1) is 0 Å². The van der Waals surface area contributed by atoms with Gasteiger partial charge in [-0.1, -0.05) is 15.9 Å². The normalized spacial score (nSPS) is 15.6. The van der Waals surface area contributed by atoms with Crippen LogP contribution >= 0.6 is 10.7 Å². The zero-order chi connectivity index (χ0) is 12.7. The van der Waals surface area contributed by atoms with Gasteiger partial charge in [-0.05, 0) is 12.1 Å². The van der Waals surface area contributed by atoms with Gasteiger partial charge in [-0.25, -0.2) is 9.19 Å². The number of halogens is 1. The van der Waals surface area contributed by atoms with E-state index in [1.807, 2.05) is 0 Å². The van der Waals surface area contributed by atoms with Crippen molar-refractivity contribution in [1.29, 1.82) is 0 Å². The minimum absolute atomic E-state index is 0.261. The van der Waals surface area contributed by atoms with Gasteiger partial charge in [0, 0.05) is 16.9 Å². The van der Waals surface area contributed by atoms with E-state index in [0.29, 0.717) is 11.1 Å². The zero-order valence-electron chi connectivity index (χ0n) is 8.53. The lowest BCUT2D eigenvalue weighted by Crippen LogP contribution is -2.00. The first-order chi connectivity index (χ1) is 7.78. The van der Waals surface area contributed by atoms with Crippen molar-refractivity contribution in [2.24, 2.45) is 3.77 Å². The van der Waals surface area contributed by atoms with Crippen molar-refractivity contribution < 1.29 is 17.0 Å². The molecule has 0 aliphatic rings. The lowest BCUT2D eigenvalue weighted by Gasteiger charge is -1.94. The summed E-state index contributed by atoms with van der Waals surface area (Å²) in [6, 6.07) is 6.70. The van der Waals surface area contributed by atoms with Crippen LogP contribution in [0.3, 0.4) is 0 Å². The highest BCUT2D eigenvalue weighted by molar-refractivity contribution is 8.17. The fraction of sp³-hybridized carbons (Fsp3) is 0.125. The van der Waals surface area contributed by atoms with Crippen LogP contribution in [0.5, 0.6) is 0 Å². The summed E-state index contributed by atoms with van der Waals surface area (Å²) in [4.78, 5) is 3.91. The summed E-state index contributed by atoms with van der Waals surface area (Å²) in [6.45, 7) is 0. The number of nitrogens with zero attached hydrogens (tertiary/aromatic N) is 2. The molecule has 0 saturated heterocycles. The van der Waals surface area contributed by atoms with Crippen LogP contribution < -0.4 is 0 Å². The van der Waals surface area contributed by atoms with Gasteiger partial charge in [-0.15, -0.1) is 0 Å². The molecule has 0 amide bonds. The summed E-state index contributed by atoms with van der Waals surface area (Å²) in [6.07, 6.45) is 1.09. The molecule has 0 aliphatic heterocycles. The molecule has 1 heterocycles. The smallest absolute Gasteiger partial charge is 0.347 e. The lowest BCUT2D eigenvalue weighted by molar-refractivity contribution is 0.476. The van der Waals surface area contributed by atoms with Gasteiger partial charge in [0.25, 0.3) is 5.22 Å². The number of aromatic nitrogens is 1. The number of rotatable bonds is 2. The molecule has 0 saturated carbocycles. The van der Waals surface area contributed by atoms with Crippen LogP contribution in [0.1, 0.15) is 0 Å². The van der Waals surface area contributed by atoms with E-state index in [2.05, 4.69) is 8.75 Å². The van der Waals surface area contributed by atoms with E-state index in [-0.39, 0.29) is 5.22 Å². The number of fused-ring (bicyclic) bond motifs is 1. The number of para-hydroxylation sites is 2. The Hall–Kier alpha value is -1.12. The predicted octanol–water partition coefficient (Wildman–Crippen LogP) is 1.77. The van der Waals surface area contributed by atoms with Crippen LogP contribution in [0.4, 0.5) is 0 Å². The summed E-state index contributed by atoms with van der Waals surface area (Å²) in [5.41, 5.74) is 0.874. The minimum Gasteiger partial charge on any atom is -0.429 e. The number of oxazole rings is 1. The van der Waals surface area contributed by atoms with E-state index in [4.69, 9.17) is 15.1 Å². The first-order valence-corrected chi connectivity index (χ1v) is 8.50. The number of benzene rings is 1. The lowest BCUT2D eigenvalue weighted by atomic mass is 10.3. The summed E-state index contributed by atoms with van der Waals surface area (Å²) < 4.78 is 41.7. The van der Waals surface area contributed by atoms with E-state index < -0.39 is 19.0 Å². The van der Waals surface area contributed by atoms with Crippen molar-refractivity contribution in [3.05, 3.63) is 24.3 Å². The third kappa shape index (κ3) is 2.76. The standard InChI is InChI=1S/C8H7ClN2O4S2/c1-16(12,11-17(9,13)14)8-10-6-4-2-3-5-7(6)15-8/h2-5H,1H3/t16-/m1/s1. The molecule has 0 spiro atoms. The molecule has 2 rings (SSSR count). The molecule has 0 fully saturated rings. The van der Waals surface area contributed by atoms with Gasteiger partial charge in [-0.3, -0.25) is 0 Å². The molecule has 2 aromatic rings. The Bertz CT molecular complexity index is 754. The highest BCUT2D eigenvalue weighted by Gasteiger charge is 2.18. The van der Waals surface area contributed by atoms with Crippen molar-refractivity contribution in [3.8, 4) is 0 Å². The quantitative estimate of drug-likeness (QED) is 0.787. The van der Waals surface area contributed by atoms with Gasteiger partial charge < -0.3 is 4.42 Å². The largest absolute Gasteiger partial charge is 0.429 e. The van der Waals surface area contributed by atoms with Crippen LogP contribution in [-0.2, 0) is 19.0 Å². The second-order valence-electron chi connectivity index (χ2n) is 3.24. The van der Waals surface area contributed by atoms with Crippen molar-refractivity contribution in [3.63, 3.8) is 0 Å². The van der Waals surface area contributed by atoms with E-state index in [0.717, 1.165) is 6.26 Å². The average Bonchev–Trinajstić information content (AvgIpc) is 2.57. The molecule has 17 heavy (non-hydrogen) atoms. The Morgan fingerprint density at radius 3 is 2.53 bits per heavy atom. The molecule has 0 aliphatic carbocycles. The van der Waals surface area contributed by atoms with Crippen LogP contribution in [0.2, 0.25) is 0 Å². The summed E-state index contributed by atoms with van der Waals surface area (Å²) in [5, 5.41) is -0.261. The van der Waals surface area contributed by atoms with Crippen LogP contribution in [0.15, 0.2) is 37.7 Å². The molecule has 1 atom stereocenters. The van der Waals surface area contributed by atoms with E-state index in [9.17, 15) is 12.6 Å². The second kappa shape index (κ2) is 3.97. The van der Waals surface area contributed by atoms with Gasteiger partial charge in [-0.2, -0.15) is 8.42 Å². The molecule has 92 valence electrons. The molecule has 0 N–H and O–H groups in total. The molecular weight excluding hydrogens is 288 g/mol. The molecule has 0 unspecified atom stereocenters. The average molecular weight is 295 g/mol. The summed E-state index contributed by atoms with van der Waals surface area (Å²) in [5.74, 6) is 0. The van der Waals surface area contributed by atoms with Gasteiger partial charge in [0.15, 0.2) is 5.58 Å².